The van der Waals surface area contributed by atoms with Gasteiger partial charge in [-0.25, -0.2) is 9.59 Å². The lowest BCUT2D eigenvalue weighted by Gasteiger charge is -2.18. The van der Waals surface area contributed by atoms with Crippen LogP contribution in [0.3, 0.4) is 0 Å². The van der Waals surface area contributed by atoms with Crippen molar-refractivity contribution in [3.8, 4) is 0 Å². The fourth-order valence-electron chi connectivity index (χ4n) is 3.32. The van der Waals surface area contributed by atoms with Crippen molar-refractivity contribution in [2.24, 2.45) is 5.92 Å². The Bertz CT molecular complexity index is 750. The van der Waals surface area contributed by atoms with Crippen molar-refractivity contribution in [1.82, 2.24) is 0 Å². The summed E-state index contributed by atoms with van der Waals surface area (Å²) in [6.07, 6.45) is 7.65. The standard InChI is InChI=1S/C25H32O4/c1-19(2)11-7-4-3-5-10-14-23(20-12-8-6-9-13-20)29-25(28)22-17-15-21(16-18-22)24(26)27/h6,8-9,12-13,15-19,23H,3-5,7,10-11,14H2,1-2H3,(H,26,27). The number of esters is 1. The Morgan fingerprint density at radius 2 is 1.34 bits per heavy atom. The molecule has 0 aromatic heterocycles. The van der Waals surface area contributed by atoms with Gasteiger partial charge in [0.05, 0.1) is 11.1 Å². The van der Waals surface area contributed by atoms with E-state index in [0.29, 0.717) is 5.56 Å². The van der Waals surface area contributed by atoms with Crippen molar-refractivity contribution in [3.05, 3.63) is 71.3 Å². The number of hydrogen-bond donors (Lipinski definition) is 1. The molecule has 0 radical (unpaired) electrons. The average molecular weight is 397 g/mol. The Kier molecular flexibility index (Phi) is 9.42. The molecule has 2 rings (SSSR count). The summed E-state index contributed by atoms with van der Waals surface area (Å²) in [6, 6.07) is 15.7. The minimum absolute atomic E-state index is 0.152. The smallest absolute Gasteiger partial charge is 0.338 e. The molecule has 0 aliphatic heterocycles. The molecule has 1 N–H and O–H groups in total. The summed E-state index contributed by atoms with van der Waals surface area (Å²) < 4.78 is 5.80. The number of rotatable bonds is 12. The molecule has 0 aliphatic rings. The van der Waals surface area contributed by atoms with E-state index in [9.17, 15) is 9.59 Å². The first kappa shape index (κ1) is 22.7. The molecule has 2 aromatic rings. The minimum atomic E-state index is -1.01. The van der Waals surface area contributed by atoms with Gasteiger partial charge in [0, 0.05) is 0 Å². The van der Waals surface area contributed by atoms with Crippen LogP contribution in [-0.2, 0) is 4.74 Å². The maximum atomic E-state index is 12.6. The second kappa shape index (κ2) is 12.1. The van der Waals surface area contributed by atoms with Crippen molar-refractivity contribution < 1.29 is 19.4 Å². The van der Waals surface area contributed by atoms with Gasteiger partial charge in [0.2, 0.25) is 0 Å². The highest BCUT2D eigenvalue weighted by molar-refractivity contribution is 5.92. The highest BCUT2D eigenvalue weighted by Gasteiger charge is 2.18. The Morgan fingerprint density at radius 3 is 1.93 bits per heavy atom. The lowest BCUT2D eigenvalue weighted by molar-refractivity contribution is 0.0270. The molecule has 0 saturated heterocycles. The Morgan fingerprint density at radius 1 is 0.793 bits per heavy atom. The molecule has 2 aromatic carbocycles. The Labute approximate surface area is 173 Å². The van der Waals surface area contributed by atoms with Crippen LogP contribution in [0, 0.1) is 5.92 Å². The van der Waals surface area contributed by atoms with Crippen LogP contribution in [0.2, 0.25) is 0 Å². The van der Waals surface area contributed by atoms with Crippen LogP contribution in [0.4, 0.5) is 0 Å². The largest absolute Gasteiger partial charge is 0.478 e. The summed E-state index contributed by atoms with van der Waals surface area (Å²) in [5.41, 5.74) is 1.51. The predicted octanol–water partition coefficient (Wildman–Crippen LogP) is 6.67. The van der Waals surface area contributed by atoms with E-state index in [1.807, 2.05) is 30.3 Å². The van der Waals surface area contributed by atoms with E-state index >= 15 is 0 Å². The zero-order chi connectivity index (χ0) is 21.1. The number of carboxylic acids is 1. The van der Waals surface area contributed by atoms with Gasteiger partial charge in [-0.1, -0.05) is 76.3 Å². The molecule has 0 amide bonds. The highest BCUT2D eigenvalue weighted by Crippen LogP contribution is 2.26. The average Bonchev–Trinajstić information content (AvgIpc) is 2.72. The fourth-order valence-corrected chi connectivity index (χ4v) is 3.32. The van der Waals surface area contributed by atoms with E-state index in [-0.39, 0.29) is 11.7 Å². The molecule has 0 aliphatic carbocycles. The predicted molar refractivity (Wildman–Crippen MR) is 115 cm³/mol. The van der Waals surface area contributed by atoms with Crippen LogP contribution in [0.5, 0.6) is 0 Å². The van der Waals surface area contributed by atoms with E-state index in [0.717, 1.165) is 30.7 Å². The SMILES string of the molecule is CC(C)CCCCCCCC(OC(=O)c1ccc(C(=O)O)cc1)c1ccccc1. The molecule has 0 saturated carbocycles. The van der Waals surface area contributed by atoms with Crippen LogP contribution in [-0.4, -0.2) is 17.0 Å². The second-order valence-electron chi connectivity index (χ2n) is 7.93. The van der Waals surface area contributed by atoms with E-state index in [1.165, 1.54) is 49.9 Å². The summed E-state index contributed by atoms with van der Waals surface area (Å²) in [6.45, 7) is 4.52. The summed E-state index contributed by atoms with van der Waals surface area (Å²) >= 11 is 0. The third-order valence-electron chi connectivity index (χ3n) is 5.04. The third kappa shape index (κ3) is 8.10. The summed E-state index contributed by atoms with van der Waals surface area (Å²) in [5.74, 6) is -0.672. The van der Waals surface area contributed by atoms with Crippen molar-refractivity contribution in [3.63, 3.8) is 0 Å². The van der Waals surface area contributed by atoms with Gasteiger partial charge in [-0.15, -0.1) is 0 Å². The van der Waals surface area contributed by atoms with E-state index in [1.54, 1.807) is 0 Å². The van der Waals surface area contributed by atoms with Crippen LogP contribution in [0.15, 0.2) is 54.6 Å². The minimum Gasteiger partial charge on any atom is -0.478 e. The van der Waals surface area contributed by atoms with E-state index in [2.05, 4.69) is 13.8 Å². The maximum Gasteiger partial charge on any atom is 0.338 e. The first-order valence-corrected chi connectivity index (χ1v) is 10.6. The summed E-state index contributed by atoms with van der Waals surface area (Å²) in [7, 11) is 0. The van der Waals surface area contributed by atoms with Gasteiger partial charge >= 0.3 is 11.9 Å². The van der Waals surface area contributed by atoms with Crippen LogP contribution < -0.4 is 0 Å². The number of benzene rings is 2. The van der Waals surface area contributed by atoms with Crippen molar-refractivity contribution >= 4 is 11.9 Å². The molecule has 1 unspecified atom stereocenters. The van der Waals surface area contributed by atoms with Crippen LogP contribution in [0.25, 0.3) is 0 Å². The van der Waals surface area contributed by atoms with E-state index < -0.39 is 11.9 Å². The molecule has 0 bridgehead atoms. The van der Waals surface area contributed by atoms with Gasteiger partial charge < -0.3 is 9.84 Å². The Balaban J connectivity index is 1.91. The van der Waals surface area contributed by atoms with Crippen LogP contribution >= 0.6 is 0 Å². The number of ether oxygens (including phenoxy) is 1. The Hall–Kier alpha value is -2.62. The molecule has 0 spiro atoms. The van der Waals surface area contributed by atoms with Crippen molar-refractivity contribution in [2.75, 3.05) is 0 Å². The van der Waals surface area contributed by atoms with Gasteiger partial charge in [-0.2, -0.15) is 0 Å². The molecule has 4 heteroatoms. The fraction of sp³-hybridized carbons (Fsp3) is 0.440. The lowest BCUT2D eigenvalue weighted by atomic mass is 10.0. The highest BCUT2D eigenvalue weighted by atomic mass is 16.5. The van der Waals surface area contributed by atoms with Gasteiger partial charge in [-0.3, -0.25) is 0 Å². The topological polar surface area (TPSA) is 63.6 Å². The molecule has 4 nitrogen and oxygen atoms in total. The molecule has 0 heterocycles. The quantitative estimate of drug-likeness (QED) is 0.321. The van der Waals surface area contributed by atoms with Gasteiger partial charge in [-0.05, 0) is 48.6 Å². The normalized spacial score (nSPS) is 12.0. The zero-order valence-electron chi connectivity index (χ0n) is 17.5. The molecule has 156 valence electrons. The summed E-state index contributed by atoms with van der Waals surface area (Å²) in [4.78, 5) is 23.6. The monoisotopic (exact) mass is 396 g/mol. The van der Waals surface area contributed by atoms with Gasteiger partial charge in [0.25, 0.3) is 0 Å². The molecule has 1 atom stereocenters. The number of carbonyl (C=O) groups is 2. The second-order valence-corrected chi connectivity index (χ2v) is 7.93. The van der Waals surface area contributed by atoms with Gasteiger partial charge in [0.15, 0.2) is 0 Å². The number of aromatic carboxylic acids is 1. The van der Waals surface area contributed by atoms with Crippen molar-refractivity contribution in [2.45, 2.75) is 64.9 Å². The molecular weight excluding hydrogens is 364 g/mol. The summed E-state index contributed by atoms with van der Waals surface area (Å²) in [5, 5.41) is 8.99. The zero-order valence-corrected chi connectivity index (χ0v) is 17.5. The first-order valence-electron chi connectivity index (χ1n) is 10.6. The number of hydrogen-bond acceptors (Lipinski definition) is 3. The molecule has 0 fully saturated rings. The number of carboxylic acid groups (broad SMARTS) is 1. The first-order chi connectivity index (χ1) is 14.0. The van der Waals surface area contributed by atoms with Gasteiger partial charge in [0.1, 0.15) is 6.10 Å². The van der Waals surface area contributed by atoms with Crippen molar-refractivity contribution in [1.29, 1.82) is 0 Å². The molecule has 29 heavy (non-hydrogen) atoms. The van der Waals surface area contributed by atoms with Crippen LogP contribution in [0.1, 0.15) is 91.2 Å². The maximum absolute atomic E-state index is 12.6. The molecular formula is C25H32O4. The number of unbranched alkanes of at least 4 members (excludes halogenated alkanes) is 4. The third-order valence-corrected chi connectivity index (χ3v) is 5.04. The number of carbonyl (C=O) groups excluding carboxylic acids is 1. The van der Waals surface area contributed by atoms with E-state index in [4.69, 9.17) is 9.84 Å². The lowest BCUT2D eigenvalue weighted by Crippen LogP contribution is -2.12.